The van der Waals surface area contributed by atoms with Crippen LogP contribution in [0.15, 0.2) is 18.2 Å². The summed E-state index contributed by atoms with van der Waals surface area (Å²) in [4.78, 5) is 14.6. The summed E-state index contributed by atoms with van der Waals surface area (Å²) in [7, 11) is 0. The third-order valence-electron chi connectivity index (χ3n) is 4.61. The van der Waals surface area contributed by atoms with Crippen molar-refractivity contribution in [1.29, 1.82) is 0 Å². The van der Waals surface area contributed by atoms with Gasteiger partial charge in [0.2, 0.25) is 0 Å². The molecule has 1 saturated carbocycles. The number of carbonyl (C=O) groups is 1. The van der Waals surface area contributed by atoms with E-state index in [1.807, 2.05) is 11.0 Å². The van der Waals surface area contributed by atoms with E-state index < -0.39 is 0 Å². The van der Waals surface area contributed by atoms with Gasteiger partial charge in [0.25, 0.3) is 0 Å². The number of amides is 2. The molecule has 132 valence electrons. The molecule has 5 nitrogen and oxygen atoms in total. The standard InChI is InChI=1S/C18H25FN2O3/c19-15-6-3-5-14-16(7-4-12-24-17(14)15)20-18(23)21(13-8-9-13)10-1-2-11-22/h3,5-6,13,16,22H,1-2,4,7-12H2,(H,20,23). The molecule has 1 fully saturated rings. The first-order valence-electron chi connectivity index (χ1n) is 8.80. The number of benzene rings is 1. The number of urea groups is 1. The van der Waals surface area contributed by atoms with Gasteiger partial charge in [-0.3, -0.25) is 0 Å². The molecule has 2 N–H and O–H groups in total. The van der Waals surface area contributed by atoms with E-state index in [0.717, 1.165) is 32.1 Å². The summed E-state index contributed by atoms with van der Waals surface area (Å²) in [6.07, 6.45) is 5.06. The zero-order chi connectivity index (χ0) is 16.9. The first kappa shape index (κ1) is 17.0. The summed E-state index contributed by atoms with van der Waals surface area (Å²) < 4.78 is 19.5. The third kappa shape index (κ3) is 3.98. The fraction of sp³-hybridized carbons (Fsp3) is 0.611. The average Bonchev–Trinajstić information content (AvgIpc) is 3.40. The van der Waals surface area contributed by atoms with Crippen LogP contribution in [0.3, 0.4) is 0 Å². The average molecular weight is 336 g/mol. The molecule has 0 saturated heterocycles. The maximum absolute atomic E-state index is 14.0. The predicted molar refractivity (Wildman–Crippen MR) is 88.4 cm³/mol. The lowest BCUT2D eigenvalue weighted by Crippen LogP contribution is -2.43. The fourth-order valence-corrected chi connectivity index (χ4v) is 3.18. The summed E-state index contributed by atoms with van der Waals surface area (Å²) in [5, 5.41) is 12.0. The number of aliphatic hydroxyl groups is 1. The van der Waals surface area contributed by atoms with Gasteiger partial charge in [-0.15, -0.1) is 0 Å². The number of hydrogen-bond donors (Lipinski definition) is 2. The summed E-state index contributed by atoms with van der Waals surface area (Å²) in [6, 6.07) is 4.83. The summed E-state index contributed by atoms with van der Waals surface area (Å²) in [5.41, 5.74) is 0.715. The van der Waals surface area contributed by atoms with Gasteiger partial charge in [0.15, 0.2) is 11.6 Å². The van der Waals surface area contributed by atoms with Crippen LogP contribution in [-0.4, -0.2) is 41.8 Å². The van der Waals surface area contributed by atoms with E-state index in [9.17, 15) is 9.18 Å². The molecule has 1 aromatic rings. The van der Waals surface area contributed by atoms with Crippen LogP contribution in [0.1, 0.15) is 50.1 Å². The summed E-state index contributed by atoms with van der Waals surface area (Å²) >= 11 is 0. The van der Waals surface area contributed by atoms with Gasteiger partial charge in [-0.2, -0.15) is 0 Å². The Balaban J connectivity index is 1.70. The van der Waals surface area contributed by atoms with E-state index in [4.69, 9.17) is 9.84 Å². The zero-order valence-electron chi connectivity index (χ0n) is 13.8. The zero-order valence-corrected chi connectivity index (χ0v) is 13.8. The molecular formula is C18H25FN2O3. The van der Waals surface area contributed by atoms with Crippen molar-refractivity contribution in [3.63, 3.8) is 0 Å². The smallest absolute Gasteiger partial charge is 0.318 e. The first-order chi connectivity index (χ1) is 11.7. The number of fused-ring (bicyclic) bond motifs is 1. The van der Waals surface area contributed by atoms with Crippen LogP contribution in [0.5, 0.6) is 5.75 Å². The van der Waals surface area contributed by atoms with Gasteiger partial charge < -0.3 is 20.1 Å². The Morgan fingerprint density at radius 2 is 2.17 bits per heavy atom. The minimum Gasteiger partial charge on any atom is -0.490 e. The summed E-state index contributed by atoms with van der Waals surface area (Å²) in [5.74, 6) is -0.116. The maximum Gasteiger partial charge on any atom is 0.318 e. The molecule has 1 unspecified atom stereocenters. The predicted octanol–water partition coefficient (Wildman–Crippen LogP) is 2.99. The van der Waals surface area contributed by atoms with Gasteiger partial charge in [0.1, 0.15) is 0 Å². The Hall–Kier alpha value is -1.82. The van der Waals surface area contributed by atoms with Crippen molar-refractivity contribution < 1.29 is 19.0 Å². The van der Waals surface area contributed by atoms with Gasteiger partial charge in [0.05, 0.1) is 12.6 Å². The van der Waals surface area contributed by atoms with Crippen LogP contribution >= 0.6 is 0 Å². The van der Waals surface area contributed by atoms with Crippen LogP contribution in [0.25, 0.3) is 0 Å². The van der Waals surface area contributed by atoms with Crippen LogP contribution < -0.4 is 10.1 Å². The molecule has 2 aliphatic rings. The highest BCUT2D eigenvalue weighted by atomic mass is 19.1. The quantitative estimate of drug-likeness (QED) is 0.785. The molecule has 0 radical (unpaired) electrons. The Kier molecular flexibility index (Phi) is 5.56. The summed E-state index contributed by atoms with van der Waals surface area (Å²) in [6.45, 7) is 1.26. The van der Waals surface area contributed by atoms with Gasteiger partial charge in [-0.05, 0) is 44.6 Å². The van der Waals surface area contributed by atoms with Gasteiger partial charge >= 0.3 is 6.03 Å². The maximum atomic E-state index is 14.0. The molecule has 3 rings (SSSR count). The second-order valence-corrected chi connectivity index (χ2v) is 6.51. The van der Waals surface area contributed by atoms with E-state index in [2.05, 4.69) is 5.32 Å². The third-order valence-corrected chi connectivity index (χ3v) is 4.61. The van der Waals surface area contributed by atoms with Crippen molar-refractivity contribution in [1.82, 2.24) is 10.2 Å². The molecule has 1 aromatic carbocycles. The number of para-hydroxylation sites is 1. The second-order valence-electron chi connectivity index (χ2n) is 6.51. The van der Waals surface area contributed by atoms with Crippen molar-refractivity contribution in [3.8, 4) is 5.75 Å². The van der Waals surface area contributed by atoms with Crippen molar-refractivity contribution in [2.24, 2.45) is 0 Å². The van der Waals surface area contributed by atoms with E-state index in [-0.39, 0.29) is 30.2 Å². The van der Waals surface area contributed by atoms with Crippen molar-refractivity contribution in [3.05, 3.63) is 29.6 Å². The van der Waals surface area contributed by atoms with Gasteiger partial charge in [0, 0.05) is 24.8 Å². The highest BCUT2D eigenvalue weighted by molar-refractivity contribution is 5.75. The van der Waals surface area contributed by atoms with E-state index in [1.54, 1.807) is 6.07 Å². The minimum absolute atomic E-state index is 0.0995. The SMILES string of the molecule is O=C(NC1CCCOc2c(F)cccc21)N(CCCCO)C1CC1. The van der Waals surface area contributed by atoms with Crippen LogP contribution in [0, 0.1) is 5.82 Å². The largest absolute Gasteiger partial charge is 0.490 e. The van der Waals surface area contributed by atoms with Crippen molar-refractivity contribution in [2.75, 3.05) is 19.8 Å². The molecule has 24 heavy (non-hydrogen) atoms. The number of nitrogens with zero attached hydrogens (tertiary/aromatic N) is 1. The Bertz CT molecular complexity index is 577. The van der Waals surface area contributed by atoms with Crippen LogP contribution in [-0.2, 0) is 0 Å². The Labute approximate surface area is 141 Å². The number of hydrogen-bond acceptors (Lipinski definition) is 3. The molecule has 0 spiro atoms. The number of halogens is 1. The topological polar surface area (TPSA) is 61.8 Å². The number of ether oxygens (including phenoxy) is 1. The second kappa shape index (κ2) is 7.83. The van der Waals surface area contributed by atoms with E-state index in [1.165, 1.54) is 6.07 Å². The van der Waals surface area contributed by atoms with E-state index >= 15 is 0 Å². The first-order valence-corrected chi connectivity index (χ1v) is 8.80. The molecule has 1 aliphatic carbocycles. The van der Waals surface area contributed by atoms with Crippen LogP contribution in [0.4, 0.5) is 9.18 Å². The lowest BCUT2D eigenvalue weighted by Gasteiger charge is -2.26. The minimum atomic E-state index is -0.379. The molecule has 0 aromatic heterocycles. The number of unbranched alkanes of at least 4 members (excludes halogenated alkanes) is 1. The molecule has 2 amide bonds. The molecular weight excluding hydrogens is 311 g/mol. The Morgan fingerprint density at radius 1 is 1.33 bits per heavy atom. The number of nitrogens with one attached hydrogen (secondary N) is 1. The number of aliphatic hydroxyl groups excluding tert-OH is 1. The van der Waals surface area contributed by atoms with Gasteiger partial charge in [-0.25, -0.2) is 9.18 Å². The Morgan fingerprint density at radius 3 is 2.92 bits per heavy atom. The normalized spacial score (nSPS) is 19.8. The lowest BCUT2D eigenvalue weighted by atomic mass is 10.0. The van der Waals surface area contributed by atoms with E-state index in [0.29, 0.717) is 31.2 Å². The van der Waals surface area contributed by atoms with Gasteiger partial charge in [-0.1, -0.05) is 12.1 Å². The molecule has 1 heterocycles. The fourth-order valence-electron chi connectivity index (χ4n) is 3.18. The molecule has 1 atom stereocenters. The van der Waals surface area contributed by atoms with Crippen LogP contribution in [0.2, 0.25) is 0 Å². The molecule has 1 aliphatic heterocycles. The number of carbonyl (C=O) groups excluding carboxylic acids is 1. The lowest BCUT2D eigenvalue weighted by molar-refractivity contribution is 0.186. The van der Waals surface area contributed by atoms with Crippen molar-refractivity contribution in [2.45, 2.75) is 50.6 Å². The number of rotatable bonds is 6. The molecule has 0 bridgehead atoms. The van der Waals surface area contributed by atoms with Crippen molar-refractivity contribution >= 4 is 6.03 Å². The molecule has 6 heteroatoms. The monoisotopic (exact) mass is 336 g/mol. The highest BCUT2D eigenvalue weighted by Gasteiger charge is 2.34. The highest BCUT2D eigenvalue weighted by Crippen LogP contribution is 2.34.